The molecule has 6 heteroatoms. The van der Waals surface area contributed by atoms with Gasteiger partial charge in [-0.05, 0) is 44.4 Å². The van der Waals surface area contributed by atoms with Crippen molar-refractivity contribution in [3.05, 3.63) is 42.5 Å². The van der Waals surface area contributed by atoms with Crippen molar-refractivity contribution in [3.8, 4) is 5.69 Å². The van der Waals surface area contributed by atoms with Crippen molar-refractivity contribution in [2.24, 2.45) is 5.73 Å². The molecule has 2 N–H and O–H groups in total. The second-order valence-electron chi connectivity index (χ2n) is 5.77. The average molecular weight is 299 g/mol. The molecule has 1 fully saturated rings. The van der Waals surface area contributed by atoms with Crippen LogP contribution < -0.4 is 5.73 Å². The molecule has 0 aliphatic carbocycles. The zero-order valence-electron chi connectivity index (χ0n) is 12.7. The minimum atomic E-state index is -0.0454. The number of nitrogens with two attached hydrogens (primary N) is 1. The Morgan fingerprint density at radius 3 is 3.00 bits per heavy atom. The average Bonchev–Trinajstić information content (AvgIpc) is 3.09. The number of aromatic nitrogens is 3. The number of piperidine rings is 1. The zero-order chi connectivity index (χ0) is 15.5. The van der Waals surface area contributed by atoms with Crippen molar-refractivity contribution >= 4 is 5.91 Å². The van der Waals surface area contributed by atoms with Crippen LogP contribution in [0.2, 0.25) is 0 Å². The predicted octanol–water partition coefficient (Wildman–Crippen LogP) is 1.61. The molecule has 1 amide bonds. The Labute approximate surface area is 129 Å². The van der Waals surface area contributed by atoms with Crippen molar-refractivity contribution in [2.75, 3.05) is 6.54 Å². The van der Waals surface area contributed by atoms with Crippen LogP contribution in [0.25, 0.3) is 5.69 Å². The summed E-state index contributed by atoms with van der Waals surface area (Å²) in [5.74, 6) is -0.0454. The van der Waals surface area contributed by atoms with Crippen LogP contribution in [0.15, 0.2) is 36.8 Å². The summed E-state index contributed by atoms with van der Waals surface area (Å²) in [6.07, 6.45) is 8.30. The van der Waals surface area contributed by atoms with Gasteiger partial charge in [0.25, 0.3) is 5.91 Å². The van der Waals surface area contributed by atoms with Gasteiger partial charge < -0.3 is 10.6 Å². The van der Waals surface area contributed by atoms with E-state index in [9.17, 15) is 4.79 Å². The summed E-state index contributed by atoms with van der Waals surface area (Å²) in [6, 6.07) is 5.53. The van der Waals surface area contributed by atoms with E-state index in [1.807, 2.05) is 30.2 Å². The highest BCUT2D eigenvalue weighted by atomic mass is 16.2. The summed E-state index contributed by atoms with van der Waals surface area (Å²) < 4.78 is 1.72. The van der Waals surface area contributed by atoms with Crippen molar-refractivity contribution in [1.29, 1.82) is 0 Å². The van der Waals surface area contributed by atoms with E-state index in [2.05, 4.69) is 10.1 Å². The van der Waals surface area contributed by atoms with E-state index in [-0.39, 0.29) is 18.0 Å². The molecule has 0 radical (unpaired) electrons. The van der Waals surface area contributed by atoms with Crippen LogP contribution in [0.5, 0.6) is 0 Å². The number of hydrogen-bond acceptors (Lipinski definition) is 4. The fourth-order valence-corrected chi connectivity index (χ4v) is 3.00. The molecule has 1 aliphatic rings. The maximum atomic E-state index is 12.8. The third-order valence-corrected chi connectivity index (χ3v) is 4.15. The van der Waals surface area contributed by atoms with E-state index in [4.69, 9.17) is 5.73 Å². The normalized spacial score (nSPS) is 19.9. The molecule has 0 spiro atoms. The highest BCUT2D eigenvalue weighted by Gasteiger charge is 2.30. The van der Waals surface area contributed by atoms with Crippen LogP contribution in [0.1, 0.15) is 36.7 Å². The van der Waals surface area contributed by atoms with E-state index >= 15 is 0 Å². The summed E-state index contributed by atoms with van der Waals surface area (Å²) >= 11 is 0. The molecule has 2 aromatic heterocycles. The van der Waals surface area contributed by atoms with Crippen LogP contribution in [0.3, 0.4) is 0 Å². The topological polar surface area (TPSA) is 77.0 Å². The molecule has 3 heterocycles. The maximum absolute atomic E-state index is 12.8. The van der Waals surface area contributed by atoms with Crippen LogP contribution in [0.4, 0.5) is 0 Å². The molecule has 2 unspecified atom stereocenters. The first kappa shape index (κ1) is 14.7. The number of pyridine rings is 1. The Balaban J connectivity index is 1.86. The van der Waals surface area contributed by atoms with Crippen LogP contribution >= 0.6 is 0 Å². The molecule has 3 rings (SSSR count). The predicted molar refractivity (Wildman–Crippen MR) is 83.7 cm³/mol. The number of carbonyl (C=O) groups excluding carboxylic acids is 1. The lowest BCUT2D eigenvalue weighted by Gasteiger charge is -2.37. The molecule has 6 nitrogen and oxygen atoms in total. The van der Waals surface area contributed by atoms with Gasteiger partial charge >= 0.3 is 0 Å². The molecule has 1 aliphatic heterocycles. The van der Waals surface area contributed by atoms with Gasteiger partial charge in [0, 0.05) is 37.2 Å². The quantitative estimate of drug-likeness (QED) is 0.934. The smallest absolute Gasteiger partial charge is 0.272 e. The van der Waals surface area contributed by atoms with Gasteiger partial charge in [-0.2, -0.15) is 5.10 Å². The first-order valence-electron chi connectivity index (χ1n) is 7.69. The van der Waals surface area contributed by atoms with Gasteiger partial charge in [0.2, 0.25) is 0 Å². The highest BCUT2D eigenvalue weighted by Crippen LogP contribution is 2.21. The zero-order valence-corrected chi connectivity index (χ0v) is 12.7. The molecule has 1 saturated heterocycles. The van der Waals surface area contributed by atoms with Gasteiger partial charge in [0.05, 0.1) is 5.69 Å². The van der Waals surface area contributed by atoms with Gasteiger partial charge in [0.15, 0.2) is 0 Å². The van der Waals surface area contributed by atoms with Crippen molar-refractivity contribution < 1.29 is 4.79 Å². The fraction of sp³-hybridized carbons (Fsp3) is 0.438. The van der Waals surface area contributed by atoms with Crippen LogP contribution in [-0.2, 0) is 0 Å². The van der Waals surface area contributed by atoms with E-state index in [0.29, 0.717) is 5.69 Å². The lowest BCUT2D eigenvalue weighted by Crippen LogP contribution is -2.51. The van der Waals surface area contributed by atoms with Crippen molar-refractivity contribution in [2.45, 2.75) is 38.3 Å². The van der Waals surface area contributed by atoms with Gasteiger partial charge in [-0.15, -0.1) is 0 Å². The minimum absolute atomic E-state index is 0.0291. The van der Waals surface area contributed by atoms with Gasteiger partial charge in [-0.1, -0.05) is 0 Å². The maximum Gasteiger partial charge on any atom is 0.272 e. The summed E-state index contributed by atoms with van der Waals surface area (Å²) in [7, 11) is 0. The number of nitrogens with zero attached hydrogens (tertiary/aromatic N) is 4. The summed E-state index contributed by atoms with van der Waals surface area (Å²) in [6.45, 7) is 2.71. The van der Waals surface area contributed by atoms with Gasteiger partial charge in [-0.3, -0.25) is 9.78 Å². The number of carbonyl (C=O) groups is 1. The highest BCUT2D eigenvalue weighted by molar-refractivity contribution is 5.93. The Bertz CT molecular complexity index is 638. The van der Waals surface area contributed by atoms with Crippen LogP contribution in [-0.4, -0.2) is 44.2 Å². The first-order valence-corrected chi connectivity index (χ1v) is 7.69. The van der Waals surface area contributed by atoms with E-state index < -0.39 is 0 Å². The number of rotatable bonds is 3. The SMILES string of the molecule is CC(N)C1CCCCN1C(=O)c1cc(-n2cccn2)ccn1. The number of amides is 1. The Morgan fingerprint density at radius 2 is 2.27 bits per heavy atom. The Morgan fingerprint density at radius 1 is 1.41 bits per heavy atom. The van der Waals surface area contributed by atoms with Crippen LogP contribution in [0, 0.1) is 0 Å². The largest absolute Gasteiger partial charge is 0.333 e. The second kappa shape index (κ2) is 6.27. The monoisotopic (exact) mass is 299 g/mol. The second-order valence-corrected chi connectivity index (χ2v) is 5.77. The molecule has 22 heavy (non-hydrogen) atoms. The third-order valence-electron chi connectivity index (χ3n) is 4.15. The lowest BCUT2D eigenvalue weighted by molar-refractivity contribution is 0.0577. The minimum Gasteiger partial charge on any atom is -0.333 e. The Hall–Kier alpha value is -2.21. The molecule has 0 aromatic carbocycles. The van der Waals surface area contributed by atoms with Crippen molar-refractivity contribution in [3.63, 3.8) is 0 Å². The van der Waals surface area contributed by atoms with E-state index in [1.165, 1.54) is 0 Å². The van der Waals surface area contributed by atoms with E-state index in [1.54, 1.807) is 23.1 Å². The number of likely N-dealkylation sites (tertiary alicyclic amines) is 1. The molecular formula is C16H21N5O. The first-order chi connectivity index (χ1) is 10.7. The molecule has 116 valence electrons. The van der Waals surface area contributed by atoms with Crippen molar-refractivity contribution in [1.82, 2.24) is 19.7 Å². The lowest BCUT2D eigenvalue weighted by atomic mass is 9.96. The van der Waals surface area contributed by atoms with Gasteiger partial charge in [0.1, 0.15) is 5.69 Å². The third kappa shape index (κ3) is 2.87. The molecule has 0 saturated carbocycles. The molecule has 2 atom stereocenters. The van der Waals surface area contributed by atoms with Gasteiger partial charge in [-0.25, -0.2) is 4.68 Å². The molecule has 2 aromatic rings. The summed E-state index contributed by atoms with van der Waals surface area (Å²) in [5, 5.41) is 4.19. The Kier molecular flexibility index (Phi) is 4.20. The molecule has 0 bridgehead atoms. The molecular weight excluding hydrogens is 278 g/mol. The fourth-order valence-electron chi connectivity index (χ4n) is 3.00. The summed E-state index contributed by atoms with van der Waals surface area (Å²) in [4.78, 5) is 18.9. The number of hydrogen-bond donors (Lipinski definition) is 1. The summed E-state index contributed by atoms with van der Waals surface area (Å²) in [5.41, 5.74) is 7.33. The standard InChI is InChI=1S/C16H21N5O/c1-12(17)15-5-2-3-9-20(15)16(22)14-11-13(6-8-18-14)21-10-4-7-19-21/h4,6-8,10-12,15H,2-3,5,9,17H2,1H3. The van der Waals surface area contributed by atoms with E-state index in [0.717, 1.165) is 31.5 Å².